The topological polar surface area (TPSA) is 103 Å². The van der Waals surface area contributed by atoms with E-state index < -0.39 is 0 Å². The monoisotopic (exact) mass is 422 g/mol. The fourth-order valence-corrected chi connectivity index (χ4v) is 3.91. The van der Waals surface area contributed by atoms with Crippen molar-refractivity contribution in [3.63, 3.8) is 0 Å². The second kappa shape index (κ2) is 6.98. The van der Waals surface area contributed by atoms with Crippen molar-refractivity contribution in [3.05, 3.63) is 79.1 Å². The van der Waals surface area contributed by atoms with Crippen LogP contribution in [0.2, 0.25) is 0 Å². The number of fused-ring (bicyclic) bond motifs is 2. The van der Waals surface area contributed by atoms with Crippen LogP contribution < -0.4 is 0 Å². The van der Waals surface area contributed by atoms with Crippen molar-refractivity contribution in [2.75, 3.05) is 0 Å². The molecule has 154 valence electrons. The second-order valence-electron chi connectivity index (χ2n) is 7.43. The zero-order valence-electron chi connectivity index (χ0n) is 16.5. The normalized spacial score (nSPS) is 11.4. The number of aromatic nitrogens is 6. The summed E-state index contributed by atoms with van der Waals surface area (Å²) in [5.74, 6) is -0.216. The van der Waals surface area contributed by atoms with Gasteiger partial charge in [0, 0.05) is 28.7 Å². The Labute approximate surface area is 180 Å². The van der Waals surface area contributed by atoms with E-state index in [1.54, 1.807) is 30.7 Å². The van der Waals surface area contributed by atoms with Gasteiger partial charge in [0.25, 0.3) is 0 Å². The third-order valence-electron chi connectivity index (χ3n) is 5.39. The average Bonchev–Trinajstić information content (AvgIpc) is 3.42. The van der Waals surface area contributed by atoms with Gasteiger partial charge in [-0.2, -0.15) is 5.10 Å². The van der Waals surface area contributed by atoms with Crippen LogP contribution in [0.25, 0.3) is 55.7 Å². The van der Waals surface area contributed by atoms with Gasteiger partial charge in [-0.3, -0.25) is 15.1 Å². The lowest BCUT2D eigenvalue weighted by atomic mass is 10.0. The van der Waals surface area contributed by atoms with Crippen LogP contribution in [0.15, 0.2) is 73.3 Å². The molecule has 0 amide bonds. The number of aromatic hydroxyl groups is 1. The maximum Gasteiger partial charge on any atom is 0.138 e. The molecule has 8 heteroatoms. The number of hydrogen-bond donors (Lipinski definition) is 3. The van der Waals surface area contributed by atoms with Crippen LogP contribution in [0.3, 0.4) is 0 Å². The Balaban J connectivity index is 1.51. The molecule has 0 aliphatic rings. The Morgan fingerprint density at radius 3 is 2.69 bits per heavy atom. The zero-order chi connectivity index (χ0) is 21.7. The zero-order valence-corrected chi connectivity index (χ0v) is 16.5. The van der Waals surface area contributed by atoms with Gasteiger partial charge in [0.15, 0.2) is 0 Å². The van der Waals surface area contributed by atoms with E-state index in [-0.39, 0.29) is 11.6 Å². The number of aromatic amines is 2. The molecule has 1 aromatic carbocycles. The summed E-state index contributed by atoms with van der Waals surface area (Å²) in [6, 6.07) is 13.8. The first-order valence-electron chi connectivity index (χ1n) is 9.88. The van der Waals surface area contributed by atoms with Crippen molar-refractivity contribution >= 4 is 21.9 Å². The maximum absolute atomic E-state index is 13.8. The highest BCUT2D eigenvalue weighted by Gasteiger charge is 2.15. The van der Waals surface area contributed by atoms with Gasteiger partial charge < -0.3 is 10.1 Å². The van der Waals surface area contributed by atoms with Crippen molar-refractivity contribution in [1.29, 1.82) is 0 Å². The van der Waals surface area contributed by atoms with Crippen LogP contribution in [-0.4, -0.2) is 35.2 Å². The summed E-state index contributed by atoms with van der Waals surface area (Å²) in [4.78, 5) is 16.2. The molecule has 6 rings (SSSR count). The van der Waals surface area contributed by atoms with E-state index in [4.69, 9.17) is 0 Å². The van der Waals surface area contributed by atoms with Gasteiger partial charge in [-0.15, -0.1) is 0 Å². The first-order chi connectivity index (χ1) is 15.7. The molecule has 0 aliphatic carbocycles. The predicted octanol–water partition coefficient (Wildman–Crippen LogP) is 5.07. The molecule has 3 N–H and O–H groups in total. The van der Waals surface area contributed by atoms with Crippen LogP contribution in [0.1, 0.15) is 0 Å². The number of nitrogens with zero attached hydrogens (tertiary/aromatic N) is 4. The highest BCUT2D eigenvalue weighted by atomic mass is 19.1. The molecule has 6 aromatic rings. The lowest BCUT2D eigenvalue weighted by molar-refractivity contribution is 0.473. The van der Waals surface area contributed by atoms with E-state index in [0.717, 1.165) is 33.1 Å². The van der Waals surface area contributed by atoms with Gasteiger partial charge in [-0.25, -0.2) is 9.37 Å². The molecule has 7 nitrogen and oxygen atoms in total. The van der Waals surface area contributed by atoms with Crippen LogP contribution in [0, 0.1) is 5.82 Å². The number of nitrogens with one attached hydrogen (secondary N) is 2. The summed E-state index contributed by atoms with van der Waals surface area (Å²) >= 11 is 0. The average molecular weight is 422 g/mol. The summed E-state index contributed by atoms with van der Waals surface area (Å²) in [5, 5.41) is 19.0. The fraction of sp³-hybridized carbons (Fsp3) is 0. The second-order valence-corrected chi connectivity index (χ2v) is 7.43. The van der Waals surface area contributed by atoms with E-state index in [1.165, 1.54) is 18.3 Å². The van der Waals surface area contributed by atoms with Crippen molar-refractivity contribution in [2.45, 2.75) is 0 Å². The number of pyridine rings is 3. The minimum Gasteiger partial charge on any atom is -0.506 e. The van der Waals surface area contributed by atoms with E-state index in [9.17, 15) is 9.50 Å². The van der Waals surface area contributed by atoms with E-state index in [0.29, 0.717) is 22.6 Å². The first-order valence-corrected chi connectivity index (χ1v) is 9.88. The number of halogens is 1. The van der Waals surface area contributed by atoms with Crippen LogP contribution >= 0.6 is 0 Å². The minimum atomic E-state index is -0.289. The summed E-state index contributed by atoms with van der Waals surface area (Å²) in [5.41, 5.74) is 5.96. The van der Waals surface area contributed by atoms with E-state index in [1.807, 2.05) is 24.3 Å². The summed E-state index contributed by atoms with van der Waals surface area (Å²) in [6.07, 6.45) is 6.41. The molecule has 32 heavy (non-hydrogen) atoms. The molecular formula is C24H15FN6O. The quantitative estimate of drug-likeness (QED) is 0.369. The van der Waals surface area contributed by atoms with Crippen LogP contribution in [0.5, 0.6) is 5.75 Å². The molecule has 0 atom stereocenters. The Morgan fingerprint density at radius 2 is 1.81 bits per heavy atom. The van der Waals surface area contributed by atoms with Gasteiger partial charge in [0.1, 0.15) is 22.9 Å². The smallest absolute Gasteiger partial charge is 0.138 e. The lowest BCUT2D eigenvalue weighted by Gasteiger charge is -2.02. The maximum atomic E-state index is 13.8. The Morgan fingerprint density at radius 1 is 0.875 bits per heavy atom. The SMILES string of the molecule is Oc1cncc(-c2cc3c(-c4cc5c(-c6cccc(F)c6)ccnc5[nH]4)n[nH]c3cn2)c1. The summed E-state index contributed by atoms with van der Waals surface area (Å²) in [7, 11) is 0. The molecule has 0 fully saturated rings. The summed E-state index contributed by atoms with van der Waals surface area (Å²) < 4.78 is 13.8. The predicted molar refractivity (Wildman–Crippen MR) is 119 cm³/mol. The molecule has 0 saturated carbocycles. The van der Waals surface area contributed by atoms with Crippen LogP contribution in [-0.2, 0) is 0 Å². The molecule has 0 bridgehead atoms. The Hall–Kier alpha value is -4.59. The molecule has 0 saturated heterocycles. The van der Waals surface area contributed by atoms with Gasteiger partial charge >= 0.3 is 0 Å². The van der Waals surface area contributed by atoms with Crippen molar-refractivity contribution in [2.24, 2.45) is 0 Å². The van der Waals surface area contributed by atoms with Crippen molar-refractivity contribution < 1.29 is 9.50 Å². The summed E-state index contributed by atoms with van der Waals surface area (Å²) in [6.45, 7) is 0. The third-order valence-corrected chi connectivity index (χ3v) is 5.39. The van der Waals surface area contributed by atoms with E-state index in [2.05, 4.69) is 30.1 Å². The minimum absolute atomic E-state index is 0.0726. The van der Waals surface area contributed by atoms with Gasteiger partial charge in [0.05, 0.1) is 29.3 Å². The highest BCUT2D eigenvalue weighted by Crippen LogP contribution is 2.34. The number of rotatable bonds is 3. The Bertz CT molecular complexity index is 1620. The molecule has 0 unspecified atom stereocenters. The van der Waals surface area contributed by atoms with Gasteiger partial charge in [-0.05, 0) is 47.5 Å². The lowest BCUT2D eigenvalue weighted by Crippen LogP contribution is -1.85. The standard InChI is InChI=1S/C24H15FN6O/c25-15-3-1-2-13(6-15)17-4-5-27-24-18(17)8-21(29-24)23-19-9-20(28-12-22(19)30-31-23)14-7-16(32)11-26-10-14/h1-12,32H,(H,27,29)(H,30,31). The molecule has 5 aromatic heterocycles. The molecular weight excluding hydrogens is 407 g/mol. The molecule has 0 aliphatic heterocycles. The van der Waals surface area contributed by atoms with E-state index >= 15 is 0 Å². The molecule has 0 spiro atoms. The number of H-pyrrole nitrogens is 2. The van der Waals surface area contributed by atoms with Crippen molar-refractivity contribution in [1.82, 2.24) is 30.1 Å². The largest absolute Gasteiger partial charge is 0.506 e. The molecule has 0 radical (unpaired) electrons. The highest BCUT2D eigenvalue weighted by molar-refractivity contribution is 6.00. The van der Waals surface area contributed by atoms with Gasteiger partial charge in [-0.1, -0.05) is 12.1 Å². The van der Waals surface area contributed by atoms with Gasteiger partial charge in [0.2, 0.25) is 0 Å². The first kappa shape index (κ1) is 18.2. The number of benzene rings is 1. The number of hydrogen-bond acceptors (Lipinski definition) is 5. The molecule has 5 heterocycles. The third kappa shape index (κ3) is 2.97. The fourth-order valence-electron chi connectivity index (χ4n) is 3.91. The van der Waals surface area contributed by atoms with Crippen LogP contribution in [0.4, 0.5) is 4.39 Å². The van der Waals surface area contributed by atoms with Crippen molar-refractivity contribution in [3.8, 4) is 39.5 Å². The Kier molecular flexibility index (Phi) is 3.97.